The van der Waals surface area contributed by atoms with Crippen LogP contribution in [0.25, 0.3) is 0 Å². The van der Waals surface area contributed by atoms with E-state index in [1.807, 2.05) is 6.92 Å². The molecule has 4 saturated carbocycles. The molecule has 0 aliphatic heterocycles. The van der Waals surface area contributed by atoms with E-state index in [0.717, 1.165) is 56.1 Å². The molecule has 1 N–H and O–H groups in total. The van der Waals surface area contributed by atoms with Crippen molar-refractivity contribution in [1.82, 2.24) is 0 Å². The van der Waals surface area contributed by atoms with E-state index in [1.165, 1.54) is 25.3 Å². The third-order valence-corrected chi connectivity index (χ3v) is 10.2. The van der Waals surface area contributed by atoms with Crippen LogP contribution in [0.5, 0.6) is 5.75 Å². The predicted molar refractivity (Wildman–Crippen MR) is 123 cm³/mol. The first kappa shape index (κ1) is 23.3. The maximum absolute atomic E-state index is 14.0. The Morgan fingerprint density at radius 1 is 1.09 bits per heavy atom. The number of carbonyl (C=O) groups is 1. The normalized spacial score (nSPS) is 44.5. The van der Waals surface area contributed by atoms with Gasteiger partial charge in [-0.3, -0.25) is 4.79 Å². The molecule has 0 amide bonds. The minimum atomic E-state index is -0.768. The molecular weight excluding hydrogens is 422 g/mol. The molecule has 0 radical (unpaired) electrons. The molecule has 0 saturated heterocycles. The van der Waals surface area contributed by atoms with Crippen LogP contribution in [0.2, 0.25) is 0 Å². The number of hydrogen-bond acceptors (Lipinski definition) is 3. The number of carbonyl (C=O) groups excluding carboxylic acids is 1. The Morgan fingerprint density at radius 2 is 1.85 bits per heavy atom. The molecule has 4 aliphatic carbocycles. The Bertz CT molecular complexity index is 914. The summed E-state index contributed by atoms with van der Waals surface area (Å²) in [6.45, 7) is 6.48. The summed E-state index contributed by atoms with van der Waals surface area (Å²) in [6, 6.07) is 3.20. The fraction of sp³-hybridized carbons (Fsp3) is 0.750. The van der Waals surface area contributed by atoms with Crippen molar-refractivity contribution < 1.29 is 23.4 Å². The molecule has 3 nitrogen and oxygen atoms in total. The summed E-state index contributed by atoms with van der Waals surface area (Å²) < 4.78 is 32.6. The zero-order chi connectivity index (χ0) is 23.5. The molecule has 9 atom stereocenters. The number of ketones is 1. The highest BCUT2D eigenvalue weighted by molar-refractivity contribution is 5.83. The van der Waals surface area contributed by atoms with Crippen molar-refractivity contribution >= 4 is 5.78 Å². The summed E-state index contributed by atoms with van der Waals surface area (Å²) in [5.41, 5.74) is -0.533. The number of halogens is 2. The second-order valence-electron chi connectivity index (χ2n) is 12.2. The molecule has 5 heteroatoms. The van der Waals surface area contributed by atoms with Gasteiger partial charge in [-0.2, -0.15) is 0 Å². The first-order chi connectivity index (χ1) is 15.6. The average Bonchev–Trinajstić information content (AvgIpc) is 3.02. The predicted octanol–water partition coefficient (Wildman–Crippen LogP) is 6.18. The Balaban J connectivity index is 1.30. The summed E-state index contributed by atoms with van der Waals surface area (Å²) in [6.07, 6.45) is 8.51. The zero-order valence-electron chi connectivity index (χ0n) is 20.2. The third kappa shape index (κ3) is 4.02. The smallest absolute Gasteiger partial charge is 0.173 e. The minimum Gasteiger partial charge on any atom is -0.483 e. The van der Waals surface area contributed by atoms with E-state index in [9.17, 15) is 18.7 Å². The molecule has 33 heavy (non-hydrogen) atoms. The van der Waals surface area contributed by atoms with Crippen molar-refractivity contribution in [3.63, 3.8) is 0 Å². The van der Waals surface area contributed by atoms with Gasteiger partial charge in [0.05, 0.1) is 5.60 Å². The second-order valence-corrected chi connectivity index (χ2v) is 12.2. The van der Waals surface area contributed by atoms with Crippen LogP contribution in [0, 0.1) is 58.5 Å². The number of hydrogen-bond donors (Lipinski definition) is 1. The fourth-order valence-electron chi connectivity index (χ4n) is 8.96. The maximum Gasteiger partial charge on any atom is 0.173 e. The van der Waals surface area contributed by atoms with E-state index in [1.54, 1.807) is 0 Å². The lowest BCUT2D eigenvalue weighted by atomic mass is 9.48. The van der Waals surface area contributed by atoms with Crippen LogP contribution in [-0.4, -0.2) is 23.1 Å². The van der Waals surface area contributed by atoms with Gasteiger partial charge in [0, 0.05) is 12.0 Å². The van der Waals surface area contributed by atoms with Gasteiger partial charge < -0.3 is 9.84 Å². The topological polar surface area (TPSA) is 46.5 Å². The van der Waals surface area contributed by atoms with Crippen LogP contribution in [0.15, 0.2) is 18.2 Å². The van der Waals surface area contributed by atoms with Gasteiger partial charge in [0.25, 0.3) is 0 Å². The van der Waals surface area contributed by atoms with E-state index in [2.05, 4.69) is 13.8 Å². The second kappa shape index (κ2) is 8.32. The first-order valence-electron chi connectivity index (χ1n) is 12.9. The number of Topliss-reactive ketones (excluding diaryl/α,β-unsaturated/α-hetero) is 1. The number of benzene rings is 1. The van der Waals surface area contributed by atoms with E-state index < -0.39 is 17.2 Å². The van der Waals surface area contributed by atoms with Crippen molar-refractivity contribution in [1.29, 1.82) is 0 Å². The van der Waals surface area contributed by atoms with Crippen molar-refractivity contribution in [2.24, 2.45) is 46.8 Å². The molecule has 4 aliphatic rings. The van der Waals surface area contributed by atoms with E-state index >= 15 is 0 Å². The SMILES string of the molecule is C[C@@H]1C[C@H](C(=O)COc2ccc(F)cc2F)[C@@]2(C)CC[C@H]3[C@@H](CC[C@@H]4C[C@](C)(O)CC[C@@H]43)[C@H]12. The Morgan fingerprint density at radius 3 is 2.61 bits per heavy atom. The molecule has 0 unspecified atom stereocenters. The van der Waals surface area contributed by atoms with Gasteiger partial charge in [-0.25, -0.2) is 8.78 Å². The molecule has 1 aromatic rings. The number of rotatable bonds is 4. The molecule has 182 valence electrons. The summed E-state index contributed by atoms with van der Waals surface area (Å²) in [5, 5.41) is 10.6. The van der Waals surface area contributed by atoms with Crippen LogP contribution in [0.4, 0.5) is 8.78 Å². The molecule has 1 aromatic carbocycles. The molecule has 0 aromatic heterocycles. The highest BCUT2D eigenvalue weighted by Gasteiger charge is 2.61. The Kier molecular flexibility index (Phi) is 5.86. The van der Waals surface area contributed by atoms with Gasteiger partial charge >= 0.3 is 0 Å². The van der Waals surface area contributed by atoms with Gasteiger partial charge in [0.2, 0.25) is 0 Å². The molecule has 0 heterocycles. The largest absolute Gasteiger partial charge is 0.483 e. The quantitative estimate of drug-likeness (QED) is 0.584. The van der Waals surface area contributed by atoms with Crippen LogP contribution >= 0.6 is 0 Å². The van der Waals surface area contributed by atoms with Crippen LogP contribution in [0.3, 0.4) is 0 Å². The number of aliphatic hydroxyl groups is 1. The monoisotopic (exact) mass is 460 g/mol. The zero-order valence-corrected chi connectivity index (χ0v) is 20.2. The van der Waals surface area contributed by atoms with Crippen LogP contribution < -0.4 is 4.74 Å². The summed E-state index contributed by atoms with van der Waals surface area (Å²) in [5.74, 6) is 2.28. The fourth-order valence-corrected chi connectivity index (χ4v) is 8.96. The lowest BCUT2D eigenvalue weighted by Gasteiger charge is -2.57. The minimum absolute atomic E-state index is 0.0324. The van der Waals surface area contributed by atoms with Crippen LogP contribution in [0.1, 0.15) is 72.1 Å². The highest BCUT2D eigenvalue weighted by atomic mass is 19.1. The summed E-state index contributed by atoms with van der Waals surface area (Å²) in [4.78, 5) is 13.3. The van der Waals surface area contributed by atoms with Crippen LogP contribution in [-0.2, 0) is 4.79 Å². The van der Waals surface area contributed by atoms with E-state index in [4.69, 9.17) is 4.74 Å². The highest BCUT2D eigenvalue weighted by Crippen LogP contribution is 2.66. The van der Waals surface area contributed by atoms with Crippen molar-refractivity contribution in [2.75, 3.05) is 6.61 Å². The van der Waals surface area contributed by atoms with Gasteiger partial charge in [0.15, 0.2) is 17.3 Å². The van der Waals surface area contributed by atoms with E-state index in [0.29, 0.717) is 23.7 Å². The lowest BCUT2D eigenvalue weighted by Crippen LogP contribution is -2.52. The van der Waals surface area contributed by atoms with E-state index in [-0.39, 0.29) is 29.5 Å². The Hall–Kier alpha value is -1.49. The first-order valence-corrected chi connectivity index (χ1v) is 12.9. The number of fused-ring (bicyclic) bond motifs is 5. The van der Waals surface area contributed by atoms with Gasteiger partial charge in [0.1, 0.15) is 12.4 Å². The Labute approximate surface area is 196 Å². The lowest BCUT2D eigenvalue weighted by molar-refractivity contribution is -0.134. The van der Waals surface area contributed by atoms with Gasteiger partial charge in [-0.05, 0) is 111 Å². The summed E-state index contributed by atoms with van der Waals surface area (Å²) in [7, 11) is 0. The average molecular weight is 461 g/mol. The molecule has 4 fully saturated rings. The molecular formula is C28H38F2O3. The number of ether oxygens (including phenoxy) is 1. The molecule has 5 rings (SSSR count). The maximum atomic E-state index is 14.0. The van der Waals surface area contributed by atoms with Crippen molar-refractivity contribution in [2.45, 2.75) is 77.7 Å². The third-order valence-electron chi connectivity index (χ3n) is 10.2. The standard InChI is InChI=1S/C28H38F2O3/c1-16-12-22(24(31)15-33-25-7-5-18(29)13-23(25)30)28(3)11-9-20-19-8-10-27(2,32)14-17(19)4-6-21(20)26(16)28/h5,7,13,16-17,19-22,26,32H,4,6,8-12,14-15H2,1-3H3/t16-,17-,19+,20-,21-,22-,26+,27-,28-/m1/s1. The van der Waals surface area contributed by atoms with Gasteiger partial charge in [-0.15, -0.1) is 0 Å². The molecule has 0 spiro atoms. The summed E-state index contributed by atoms with van der Waals surface area (Å²) >= 11 is 0. The van der Waals surface area contributed by atoms with Gasteiger partial charge in [-0.1, -0.05) is 13.8 Å². The molecule has 0 bridgehead atoms. The van der Waals surface area contributed by atoms with Crippen molar-refractivity contribution in [3.05, 3.63) is 29.8 Å². The van der Waals surface area contributed by atoms with Crippen molar-refractivity contribution in [3.8, 4) is 5.75 Å².